The van der Waals surface area contributed by atoms with Crippen molar-refractivity contribution in [1.82, 2.24) is 9.97 Å². The van der Waals surface area contributed by atoms with Gasteiger partial charge in [0.05, 0.1) is 0 Å². The SMILES string of the molecule is COCc1nc(N)cc(Oc2ccc(F)cc2C)n1. The van der Waals surface area contributed by atoms with Crippen molar-refractivity contribution in [3.8, 4) is 11.6 Å². The zero-order valence-corrected chi connectivity index (χ0v) is 10.7. The molecule has 0 saturated carbocycles. The van der Waals surface area contributed by atoms with Crippen LogP contribution in [-0.4, -0.2) is 17.1 Å². The molecule has 6 heteroatoms. The number of nitrogen functional groups attached to an aromatic ring is 1. The third-order valence-corrected chi connectivity index (χ3v) is 2.39. The first-order valence-electron chi connectivity index (χ1n) is 5.65. The van der Waals surface area contributed by atoms with E-state index in [1.54, 1.807) is 13.0 Å². The average Bonchev–Trinajstić information content (AvgIpc) is 2.32. The highest BCUT2D eigenvalue weighted by molar-refractivity contribution is 5.39. The zero-order valence-electron chi connectivity index (χ0n) is 10.7. The number of aromatic nitrogens is 2. The minimum Gasteiger partial charge on any atom is -0.439 e. The lowest BCUT2D eigenvalue weighted by Gasteiger charge is -2.09. The van der Waals surface area contributed by atoms with E-state index in [0.29, 0.717) is 23.0 Å². The Kier molecular flexibility index (Phi) is 3.91. The summed E-state index contributed by atoms with van der Waals surface area (Å²) < 4.78 is 23.5. The number of aryl methyl sites for hydroxylation is 1. The number of hydrogen-bond acceptors (Lipinski definition) is 5. The molecule has 0 saturated heterocycles. The van der Waals surface area contributed by atoms with Gasteiger partial charge in [-0.1, -0.05) is 0 Å². The molecule has 0 unspecified atom stereocenters. The Morgan fingerprint density at radius 3 is 2.74 bits per heavy atom. The van der Waals surface area contributed by atoms with E-state index in [0.717, 1.165) is 0 Å². The van der Waals surface area contributed by atoms with Crippen LogP contribution in [0.5, 0.6) is 11.6 Å². The van der Waals surface area contributed by atoms with E-state index in [2.05, 4.69) is 9.97 Å². The minimum absolute atomic E-state index is 0.240. The van der Waals surface area contributed by atoms with E-state index in [4.69, 9.17) is 15.2 Å². The predicted molar refractivity (Wildman–Crippen MR) is 68.4 cm³/mol. The van der Waals surface area contributed by atoms with Gasteiger partial charge in [0, 0.05) is 13.2 Å². The lowest BCUT2D eigenvalue weighted by atomic mass is 10.2. The smallest absolute Gasteiger partial charge is 0.224 e. The fourth-order valence-corrected chi connectivity index (χ4v) is 1.58. The molecular weight excluding hydrogens is 249 g/mol. The van der Waals surface area contributed by atoms with E-state index in [1.165, 1.54) is 25.3 Å². The van der Waals surface area contributed by atoms with Crippen LogP contribution in [0.25, 0.3) is 0 Å². The highest BCUT2D eigenvalue weighted by Crippen LogP contribution is 2.25. The molecule has 2 rings (SSSR count). The highest BCUT2D eigenvalue weighted by atomic mass is 19.1. The summed E-state index contributed by atoms with van der Waals surface area (Å²) in [6, 6.07) is 5.75. The number of nitrogens with zero attached hydrogens (tertiary/aromatic N) is 2. The number of methoxy groups -OCH3 is 1. The zero-order chi connectivity index (χ0) is 13.8. The van der Waals surface area contributed by atoms with Gasteiger partial charge in [-0.15, -0.1) is 0 Å². The van der Waals surface area contributed by atoms with Crippen molar-refractivity contribution >= 4 is 5.82 Å². The summed E-state index contributed by atoms with van der Waals surface area (Å²) in [5.74, 6) is 1.22. The average molecular weight is 263 g/mol. The van der Waals surface area contributed by atoms with Gasteiger partial charge in [-0.2, -0.15) is 4.98 Å². The fourth-order valence-electron chi connectivity index (χ4n) is 1.58. The molecule has 0 atom stereocenters. The van der Waals surface area contributed by atoms with Crippen molar-refractivity contribution in [2.75, 3.05) is 12.8 Å². The van der Waals surface area contributed by atoms with Crippen molar-refractivity contribution < 1.29 is 13.9 Å². The van der Waals surface area contributed by atoms with Gasteiger partial charge in [-0.25, -0.2) is 9.37 Å². The van der Waals surface area contributed by atoms with Crippen LogP contribution in [-0.2, 0) is 11.3 Å². The maximum Gasteiger partial charge on any atom is 0.224 e. The Bertz CT molecular complexity index is 590. The normalized spacial score (nSPS) is 10.5. The molecule has 0 aliphatic rings. The first-order chi connectivity index (χ1) is 9.08. The maximum atomic E-state index is 13.0. The molecule has 1 aromatic heterocycles. The number of hydrogen-bond donors (Lipinski definition) is 1. The first-order valence-corrected chi connectivity index (χ1v) is 5.65. The van der Waals surface area contributed by atoms with Crippen LogP contribution in [0.1, 0.15) is 11.4 Å². The lowest BCUT2D eigenvalue weighted by Crippen LogP contribution is -2.02. The summed E-state index contributed by atoms with van der Waals surface area (Å²) in [5.41, 5.74) is 6.33. The van der Waals surface area contributed by atoms with Crippen LogP contribution in [0.15, 0.2) is 24.3 Å². The molecule has 0 radical (unpaired) electrons. The van der Waals surface area contributed by atoms with Crippen molar-refractivity contribution in [2.45, 2.75) is 13.5 Å². The van der Waals surface area contributed by atoms with Crippen molar-refractivity contribution in [1.29, 1.82) is 0 Å². The van der Waals surface area contributed by atoms with Crippen LogP contribution in [0, 0.1) is 12.7 Å². The van der Waals surface area contributed by atoms with Gasteiger partial charge in [0.15, 0.2) is 5.82 Å². The highest BCUT2D eigenvalue weighted by Gasteiger charge is 2.07. The van der Waals surface area contributed by atoms with Crippen molar-refractivity contribution in [2.24, 2.45) is 0 Å². The molecule has 0 bridgehead atoms. The molecule has 0 aliphatic heterocycles. The van der Waals surface area contributed by atoms with Crippen LogP contribution in [0.2, 0.25) is 0 Å². The predicted octanol–water partition coefficient (Wildman–Crippen LogP) is 2.45. The summed E-state index contributed by atoms with van der Waals surface area (Å²) >= 11 is 0. The summed E-state index contributed by atoms with van der Waals surface area (Å²) in [7, 11) is 1.54. The molecule has 19 heavy (non-hydrogen) atoms. The van der Waals surface area contributed by atoms with Gasteiger partial charge in [0.1, 0.15) is 24.0 Å². The van der Waals surface area contributed by atoms with E-state index >= 15 is 0 Å². The lowest BCUT2D eigenvalue weighted by molar-refractivity contribution is 0.177. The largest absolute Gasteiger partial charge is 0.439 e. The Balaban J connectivity index is 2.27. The van der Waals surface area contributed by atoms with Crippen LogP contribution >= 0.6 is 0 Å². The fraction of sp³-hybridized carbons (Fsp3) is 0.231. The molecule has 2 aromatic rings. The minimum atomic E-state index is -0.313. The van der Waals surface area contributed by atoms with Crippen LogP contribution in [0.3, 0.4) is 0 Å². The van der Waals surface area contributed by atoms with E-state index in [-0.39, 0.29) is 18.2 Å². The second kappa shape index (κ2) is 5.62. The number of rotatable bonds is 4. The van der Waals surface area contributed by atoms with Gasteiger partial charge < -0.3 is 15.2 Å². The molecule has 1 heterocycles. The molecule has 5 nitrogen and oxygen atoms in total. The second-order valence-corrected chi connectivity index (χ2v) is 3.99. The third kappa shape index (κ3) is 3.38. The quantitative estimate of drug-likeness (QED) is 0.917. The van der Waals surface area contributed by atoms with Gasteiger partial charge in [0.2, 0.25) is 5.88 Å². The van der Waals surface area contributed by atoms with Gasteiger partial charge in [-0.05, 0) is 30.7 Å². The van der Waals surface area contributed by atoms with Gasteiger partial charge in [0.25, 0.3) is 0 Å². The van der Waals surface area contributed by atoms with Crippen LogP contribution < -0.4 is 10.5 Å². The molecular formula is C13H14FN3O2. The number of halogens is 1. The molecule has 0 spiro atoms. The van der Waals surface area contributed by atoms with E-state index in [9.17, 15) is 4.39 Å². The monoisotopic (exact) mass is 263 g/mol. The summed E-state index contributed by atoms with van der Waals surface area (Å²) in [6.07, 6.45) is 0. The van der Waals surface area contributed by atoms with Crippen molar-refractivity contribution in [3.63, 3.8) is 0 Å². The molecule has 0 fully saturated rings. The number of ether oxygens (including phenoxy) is 2. The van der Waals surface area contributed by atoms with Gasteiger partial charge in [-0.3, -0.25) is 0 Å². The molecule has 0 aliphatic carbocycles. The molecule has 100 valence electrons. The molecule has 1 aromatic carbocycles. The number of benzene rings is 1. The summed E-state index contributed by atoms with van der Waals surface area (Å²) in [4.78, 5) is 8.15. The second-order valence-electron chi connectivity index (χ2n) is 3.99. The van der Waals surface area contributed by atoms with E-state index < -0.39 is 0 Å². The molecule has 2 N–H and O–H groups in total. The first kappa shape index (κ1) is 13.2. The standard InChI is InChI=1S/C13H14FN3O2/c1-8-5-9(14)3-4-10(8)19-13-6-11(15)16-12(17-13)7-18-2/h3-6H,7H2,1-2H3,(H2,15,16,17). The third-order valence-electron chi connectivity index (χ3n) is 2.39. The Morgan fingerprint density at radius 2 is 2.05 bits per heavy atom. The van der Waals surface area contributed by atoms with Gasteiger partial charge >= 0.3 is 0 Å². The summed E-state index contributed by atoms with van der Waals surface area (Å²) in [5, 5.41) is 0. The molecule has 0 amide bonds. The number of anilines is 1. The Hall–Kier alpha value is -2.21. The van der Waals surface area contributed by atoms with Crippen LogP contribution in [0.4, 0.5) is 10.2 Å². The van der Waals surface area contributed by atoms with E-state index in [1.807, 2.05) is 0 Å². The Labute approximate surface area is 110 Å². The number of nitrogens with two attached hydrogens (primary N) is 1. The summed E-state index contributed by atoms with van der Waals surface area (Å²) in [6.45, 7) is 1.99. The maximum absolute atomic E-state index is 13.0. The topological polar surface area (TPSA) is 70.3 Å². The van der Waals surface area contributed by atoms with Crippen molar-refractivity contribution in [3.05, 3.63) is 41.5 Å². The Morgan fingerprint density at radius 1 is 1.26 bits per heavy atom.